The van der Waals surface area contributed by atoms with Gasteiger partial charge >= 0.3 is 0 Å². The summed E-state index contributed by atoms with van der Waals surface area (Å²) in [4.78, 5) is 4.66. The van der Waals surface area contributed by atoms with Crippen LogP contribution in [0.4, 0.5) is 4.39 Å². The molecule has 1 aromatic carbocycles. The highest BCUT2D eigenvalue weighted by molar-refractivity contribution is 5.76. The van der Waals surface area contributed by atoms with Gasteiger partial charge in [-0.2, -0.15) is 0 Å². The molecule has 1 heterocycles. The molecule has 2 rings (SSSR count). The van der Waals surface area contributed by atoms with E-state index in [1.807, 2.05) is 0 Å². The minimum Gasteiger partial charge on any atom is -0.325 e. The van der Waals surface area contributed by atoms with E-state index in [9.17, 15) is 4.39 Å². The van der Waals surface area contributed by atoms with Crippen LogP contribution in [0.25, 0.3) is 11.0 Å². The average Bonchev–Trinajstić information content (AvgIpc) is 2.71. The summed E-state index contributed by atoms with van der Waals surface area (Å²) in [5.74, 6) is 0.846. The molecule has 1 N–H and O–H groups in total. The number of halogens is 1. The van der Waals surface area contributed by atoms with Gasteiger partial charge < -0.3 is 9.88 Å². The second-order valence-electron chi connectivity index (χ2n) is 5.84. The lowest BCUT2D eigenvalue weighted by Gasteiger charge is -2.13. The molecule has 2 aromatic rings. The van der Waals surface area contributed by atoms with Gasteiger partial charge in [0.25, 0.3) is 0 Å². The number of benzene rings is 1. The fourth-order valence-electron chi connectivity index (χ4n) is 2.51. The topological polar surface area (TPSA) is 29.9 Å². The molecule has 110 valence electrons. The van der Waals surface area contributed by atoms with Crippen LogP contribution >= 0.6 is 0 Å². The fourth-order valence-corrected chi connectivity index (χ4v) is 2.51. The molecule has 0 aliphatic carbocycles. The van der Waals surface area contributed by atoms with Crippen molar-refractivity contribution in [3.05, 3.63) is 29.8 Å². The summed E-state index contributed by atoms with van der Waals surface area (Å²) in [5.41, 5.74) is 1.78. The Hall–Kier alpha value is -1.42. The van der Waals surface area contributed by atoms with Gasteiger partial charge in [0.05, 0.1) is 11.0 Å². The van der Waals surface area contributed by atoms with E-state index in [1.165, 1.54) is 6.07 Å². The van der Waals surface area contributed by atoms with Gasteiger partial charge in [-0.3, -0.25) is 0 Å². The highest BCUT2D eigenvalue weighted by atomic mass is 19.1. The molecule has 0 saturated carbocycles. The molecule has 4 heteroatoms. The van der Waals surface area contributed by atoms with Crippen LogP contribution in [0.5, 0.6) is 0 Å². The fraction of sp³-hybridized carbons (Fsp3) is 0.562. The molecule has 0 fully saturated rings. The molecule has 0 saturated heterocycles. The number of hydrogen-bond donors (Lipinski definition) is 1. The summed E-state index contributed by atoms with van der Waals surface area (Å²) in [6.45, 7) is 9.50. The molecule has 0 radical (unpaired) electrons. The second kappa shape index (κ2) is 6.35. The summed E-state index contributed by atoms with van der Waals surface area (Å²) >= 11 is 0. The Morgan fingerprint density at radius 1 is 1.25 bits per heavy atom. The van der Waals surface area contributed by atoms with Crippen LogP contribution in [-0.2, 0) is 6.42 Å². The number of nitrogens with zero attached hydrogens (tertiary/aromatic N) is 2. The molecule has 0 amide bonds. The zero-order valence-electron chi connectivity index (χ0n) is 12.8. The summed E-state index contributed by atoms with van der Waals surface area (Å²) in [7, 11) is 0. The minimum atomic E-state index is -0.202. The van der Waals surface area contributed by atoms with Crippen LogP contribution in [0.1, 0.15) is 46.0 Å². The maximum Gasteiger partial charge on any atom is 0.125 e. The summed E-state index contributed by atoms with van der Waals surface area (Å²) in [5, 5.41) is 3.41. The highest BCUT2D eigenvalue weighted by Gasteiger charge is 2.13. The van der Waals surface area contributed by atoms with E-state index in [2.05, 4.69) is 42.6 Å². The number of hydrogen-bond acceptors (Lipinski definition) is 2. The summed E-state index contributed by atoms with van der Waals surface area (Å²) < 4.78 is 15.6. The quantitative estimate of drug-likeness (QED) is 0.816. The van der Waals surface area contributed by atoms with Crippen molar-refractivity contribution >= 4 is 11.0 Å². The van der Waals surface area contributed by atoms with Gasteiger partial charge in [-0.1, -0.05) is 13.8 Å². The van der Waals surface area contributed by atoms with Crippen LogP contribution in [0.3, 0.4) is 0 Å². The molecular formula is C16H24FN3. The maximum absolute atomic E-state index is 13.4. The van der Waals surface area contributed by atoms with Gasteiger partial charge in [0.2, 0.25) is 0 Å². The lowest BCUT2D eigenvalue weighted by molar-refractivity contribution is 0.541. The Balaban J connectivity index is 2.21. The van der Waals surface area contributed by atoms with E-state index in [4.69, 9.17) is 0 Å². The SMILES string of the molecule is CC(C)NCCCc1nc2ccc(F)cc2n1C(C)C. The standard InChI is InChI=1S/C16H24FN3/c1-11(2)18-9-5-6-16-19-14-8-7-13(17)10-15(14)20(16)12(3)4/h7-8,10-12,18H,5-6,9H2,1-4H3. The third kappa shape index (κ3) is 3.37. The predicted molar refractivity (Wildman–Crippen MR) is 81.5 cm³/mol. The van der Waals surface area contributed by atoms with Crippen molar-refractivity contribution in [3.63, 3.8) is 0 Å². The number of rotatable bonds is 6. The lowest BCUT2D eigenvalue weighted by atomic mass is 10.2. The molecular weight excluding hydrogens is 253 g/mol. The first-order valence-corrected chi connectivity index (χ1v) is 7.38. The molecule has 3 nitrogen and oxygen atoms in total. The summed E-state index contributed by atoms with van der Waals surface area (Å²) in [6, 6.07) is 5.62. The van der Waals surface area contributed by atoms with Crippen molar-refractivity contribution in [2.45, 2.75) is 52.6 Å². The smallest absolute Gasteiger partial charge is 0.125 e. The Kier molecular flexibility index (Phi) is 4.76. The molecule has 0 spiro atoms. The van der Waals surface area contributed by atoms with E-state index in [0.717, 1.165) is 36.2 Å². The number of aryl methyl sites for hydroxylation is 1. The van der Waals surface area contributed by atoms with Crippen LogP contribution in [-0.4, -0.2) is 22.1 Å². The van der Waals surface area contributed by atoms with Crippen molar-refractivity contribution in [3.8, 4) is 0 Å². The van der Waals surface area contributed by atoms with Gasteiger partial charge in [-0.15, -0.1) is 0 Å². The van der Waals surface area contributed by atoms with Crippen LogP contribution in [0, 0.1) is 5.82 Å². The largest absolute Gasteiger partial charge is 0.325 e. The first-order chi connectivity index (χ1) is 9.49. The zero-order valence-corrected chi connectivity index (χ0v) is 12.8. The van der Waals surface area contributed by atoms with Gasteiger partial charge in [-0.25, -0.2) is 9.37 Å². The molecule has 0 aliphatic heterocycles. The van der Waals surface area contributed by atoms with E-state index in [0.29, 0.717) is 6.04 Å². The second-order valence-corrected chi connectivity index (χ2v) is 5.84. The predicted octanol–water partition coefficient (Wildman–Crippen LogP) is 3.69. The first kappa shape index (κ1) is 15.0. The molecule has 0 unspecified atom stereocenters. The van der Waals surface area contributed by atoms with E-state index >= 15 is 0 Å². The van der Waals surface area contributed by atoms with Gasteiger partial charge in [-0.05, 0) is 45.0 Å². The Morgan fingerprint density at radius 3 is 2.65 bits per heavy atom. The van der Waals surface area contributed by atoms with Gasteiger partial charge in [0.1, 0.15) is 11.6 Å². The number of nitrogens with one attached hydrogen (secondary N) is 1. The monoisotopic (exact) mass is 277 g/mol. The summed E-state index contributed by atoms with van der Waals surface area (Å²) in [6.07, 6.45) is 1.95. The molecule has 0 atom stereocenters. The van der Waals surface area contributed by atoms with Crippen LogP contribution in [0.15, 0.2) is 18.2 Å². The number of aromatic nitrogens is 2. The van der Waals surface area contributed by atoms with Crippen molar-refractivity contribution in [2.24, 2.45) is 0 Å². The van der Waals surface area contributed by atoms with Crippen molar-refractivity contribution < 1.29 is 4.39 Å². The Bertz CT molecular complexity index is 572. The van der Waals surface area contributed by atoms with Crippen molar-refractivity contribution in [1.29, 1.82) is 0 Å². The van der Waals surface area contributed by atoms with Gasteiger partial charge in [0.15, 0.2) is 0 Å². The zero-order chi connectivity index (χ0) is 14.7. The normalized spacial score (nSPS) is 11.9. The molecule has 20 heavy (non-hydrogen) atoms. The maximum atomic E-state index is 13.4. The van der Waals surface area contributed by atoms with Crippen LogP contribution < -0.4 is 5.32 Å². The van der Waals surface area contributed by atoms with E-state index in [-0.39, 0.29) is 11.9 Å². The highest BCUT2D eigenvalue weighted by Crippen LogP contribution is 2.22. The lowest BCUT2D eigenvalue weighted by Crippen LogP contribution is -2.24. The Labute approximate surface area is 120 Å². The third-order valence-electron chi connectivity index (χ3n) is 3.37. The van der Waals surface area contributed by atoms with E-state index in [1.54, 1.807) is 12.1 Å². The Morgan fingerprint density at radius 2 is 2.00 bits per heavy atom. The number of fused-ring (bicyclic) bond motifs is 1. The molecule has 0 aliphatic rings. The van der Waals surface area contributed by atoms with E-state index < -0.39 is 0 Å². The van der Waals surface area contributed by atoms with Crippen molar-refractivity contribution in [1.82, 2.24) is 14.9 Å². The van der Waals surface area contributed by atoms with Crippen LogP contribution in [0.2, 0.25) is 0 Å². The molecule has 1 aromatic heterocycles. The van der Waals surface area contributed by atoms with Crippen molar-refractivity contribution in [2.75, 3.05) is 6.54 Å². The first-order valence-electron chi connectivity index (χ1n) is 7.38. The van der Waals surface area contributed by atoms with Gasteiger partial charge in [0, 0.05) is 18.5 Å². The minimum absolute atomic E-state index is 0.202. The average molecular weight is 277 g/mol. The number of imidazole rings is 1. The molecule has 0 bridgehead atoms. The third-order valence-corrected chi connectivity index (χ3v) is 3.37.